The molecule has 20 heavy (non-hydrogen) atoms. The summed E-state index contributed by atoms with van der Waals surface area (Å²) in [6, 6.07) is 8.73. The summed E-state index contributed by atoms with van der Waals surface area (Å²) in [6.07, 6.45) is 0. The number of benzene rings is 2. The van der Waals surface area contributed by atoms with Gasteiger partial charge in [-0.05, 0) is 48.0 Å². The Morgan fingerprint density at radius 2 is 1.55 bits per heavy atom. The molecular weight excluding hydrogens is 288 g/mol. The molecule has 0 unspecified atom stereocenters. The van der Waals surface area contributed by atoms with Crippen molar-refractivity contribution in [2.45, 2.75) is 0 Å². The van der Waals surface area contributed by atoms with Crippen molar-refractivity contribution in [3.8, 4) is 0 Å². The van der Waals surface area contributed by atoms with E-state index < -0.39 is 22.8 Å². The number of amides is 1. The summed E-state index contributed by atoms with van der Waals surface area (Å²) in [5.41, 5.74) is -0.391. The van der Waals surface area contributed by atoms with Crippen LogP contribution in [0.3, 0.4) is 0 Å². The number of hydrogen-bond acceptors (Lipinski definition) is 2. The van der Waals surface area contributed by atoms with Gasteiger partial charge in [0, 0.05) is 5.69 Å². The number of rotatable bonds is 3. The van der Waals surface area contributed by atoms with Crippen LogP contribution in [-0.4, -0.2) is 11.1 Å². The highest BCUT2D eigenvalue weighted by Gasteiger charge is 2.18. The molecule has 0 spiro atoms. The van der Waals surface area contributed by atoms with Gasteiger partial charge in [0.05, 0.1) is 11.1 Å². The van der Waals surface area contributed by atoms with E-state index in [9.17, 15) is 18.4 Å². The van der Waals surface area contributed by atoms with Gasteiger partial charge in [-0.25, -0.2) is 8.78 Å². The van der Waals surface area contributed by atoms with Gasteiger partial charge in [0.1, 0.15) is 11.6 Å². The fraction of sp³-hybridized carbons (Fsp3) is 0. The maximum Gasteiger partial charge on any atom is 0.258 e. The Kier molecular flexibility index (Phi) is 4.10. The predicted molar refractivity (Wildman–Crippen MR) is 70.9 cm³/mol. The zero-order chi connectivity index (χ0) is 14.7. The average molecular weight is 296 g/mol. The lowest BCUT2D eigenvalue weighted by Gasteiger charge is -2.07. The maximum absolute atomic E-state index is 13.9. The van der Waals surface area contributed by atoms with Crippen LogP contribution in [0.4, 0.5) is 14.5 Å². The number of anilines is 1. The SMILES string of the molecule is O=C(Cl)c1cccc(C(=O)Nc2ccc(F)cc2)c1F. The van der Waals surface area contributed by atoms with Crippen molar-refractivity contribution >= 4 is 28.4 Å². The second kappa shape index (κ2) is 5.79. The normalized spacial score (nSPS) is 10.2. The van der Waals surface area contributed by atoms with Gasteiger partial charge in [-0.1, -0.05) is 6.07 Å². The highest BCUT2D eigenvalue weighted by atomic mass is 35.5. The van der Waals surface area contributed by atoms with Gasteiger partial charge in [0.25, 0.3) is 11.1 Å². The number of carbonyl (C=O) groups is 2. The first-order valence-corrected chi connectivity index (χ1v) is 5.92. The van der Waals surface area contributed by atoms with Crippen molar-refractivity contribution in [1.82, 2.24) is 0 Å². The standard InChI is InChI=1S/C14H8ClF2NO2/c15-13(19)10-2-1-3-11(12(10)17)14(20)18-9-6-4-8(16)5-7-9/h1-7H,(H,18,20). The quantitative estimate of drug-likeness (QED) is 0.880. The Morgan fingerprint density at radius 3 is 2.15 bits per heavy atom. The molecule has 2 aromatic carbocycles. The van der Waals surface area contributed by atoms with Crippen LogP contribution >= 0.6 is 11.6 Å². The molecule has 0 aliphatic rings. The summed E-state index contributed by atoms with van der Waals surface area (Å²) >= 11 is 5.21. The number of nitrogens with one attached hydrogen (secondary N) is 1. The van der Waals surface area contributed by atoms with E-state index in [0.717, 1.165) is 12.1 Å². The lowest BCUT2D eigenvalue weighted by molar-refractivity contribution is 0.102. The first-order chi connectivity index (χ1) is 9.49. The molecule has 0 saturated carbocycles. The molecule has 102 valence electrons. The fourth-order valence-corrected chi connectivity index (χ4v) is 1.74. The van der Waals surface area contributed by atoms with Crippen LogP contribution in [-0.2, 0) is 0 Å². The van der Waals surface area contributed by atoms with Crippen molar-refractivity contribution in [2.24, 2.45) is 0 Å². The Hall–Kier alpha value is -2.27. The van der Waals surface area contributed by atoms with E-state index in [1.807, 2.05) is 0 Å². The van der Waals surface area contributed by atoms with Gasteiger partial charge in [-0.3, -0.25) is 9.59 Å². The third-order valence-corrected chi connectivity index (χ3v) is 2.76. The molecule has 0 heterocycles. The summed E-state index contributed by atoms with van der Waals surface area (Å²) in [4.78, 5) is 22.9. The zero-order valence-corrected chi connectivity index (χ0v) is 10.7. The summed E-state index contributed by atoms with van der Waals surface area (Å²) in [5.74, 6) is -2.20. The van der Waals surface area contributed by atoms with E-state index in [0.29, 0.717) is 5.69 Å². The molecule has 0 aliphatic carbocycles. The van der Waals surface area contributed by atoms with E-state index in [1.54, 1.807) is 0 Å². The molecule has 0 aliphatic heterocycles. The van der Waals surface area contributed by atoms with Gasteiger partial charge in [0.15, 0.2) is 0 Å². The highest BCUT2D eigenvalue weighted by Crippen LogP contribution is 2.17. The molecule has 2 rings (SSSR count). The molecule has 2 aromatic rings. The van der Waals surface area contributed by atoms with E-state index in [4.69, 9.17) is 11.6 Å². The number of halogens is 3. The predicted octanol–water partition coefficient (Wildman–Crippen LogP) is 3.60. The van der Waals surface area contributed by atoms with Crippen LogP contribution in [0.5, 0.6) is 0 Å². The van der Waals surface area contributed by atoms with Crippen LogP contribution in [0.2, 0.25) is 0 Å². The molecule has 0 aromatic heterocycles. The van der Waals surface area contributed by atoms with Crippen LogP contribution in [0.15, 0.2) is 42.5 Å². The largest absolute Gasteiger partial charge is 0.322 e. The Balaban J connectivity index is 2.28. The minimum Gasteiger partial charge on any atom is -0.322 e. The Bertz CT molecular complexity index is 671. The van der Waals surface area contributed by atoms with E-state index in [2.05, 4.69) is 5.32 Å². The van der Waals surface area contributed by atoms with Crippen molar-refractivity contribution in [3.63, 3.8) is 0 Å². The van der Waals surface area contributed by atoms with Gasteiger partial charge < -0.3 is 5.32 Å². The molecule has 0 radical (unpaired) electrons. The molecule has 0 saturated heterocycles. The van der Waals surface area contributed by atoms with Crippen molar-refractivity contribution in [2.75, 3.05) is 5.32 Å². The Morgan fingerprint density at radius 1 is 0.950 bits per heavy atom. The van der Waals surface area contributed by atoms with Gasteiger partial charge in [0.2, 0.25) is 0 Å². The molecule has 6 heteroatoms. The van der Waals surface area contributed by atoms with Crippen molar-refractivity contribution in [3.05, 3.63) is 65.2 Å². The average Bonchev–Trinajstić information content (AvgIpc) is 2.41. The summed E-state index contributed by atoms with van der Waals surface area (Å²) in [5, 5.41) is 1.41. The highest BCUT2D eigenvalue weighted by molar-refractivity contribution is 6.67. The lowest BCUT2D eigenvalue weighted by atomic mass is 10.1. The molecule has 0 bridgehead atoms. The lowest BCUT2D eigenvalue weighted by Crippen LogP contribution is -2.15. The monoisotopic (exact) mass is 295 g/mol. The molecule has 0 atom stereocenters. The first-order valence-electron chi connectivity index (χ1n) is 5.54. The van der Waals surface area contributed by atoms with Gasteiger partial charge in [-0.2, -0.15) is 0 Å². The second-order valence-electron chi connectivity index (χ2n) is 3.90. The molecule has 1 amide bonds. The number of hydrogen-bond donors (Lipinski definition) is 1. The third-order valence-electron chi connectivity index (χ3n) is 2.56. The van der Waals surface area contributed by atoms with E-state index >= 15 is 0 Å². The zero-order valence-electron chi connectivity index (χ0n) is 9.99. The molecule has 3 nitrogen and oxygen atoms in total. The molecule has 0 fully saturated rings. The number of carbonyl (C=O) groups excluding carboxylic acids is 2. The fourth-order valence-electron chi connectivity index (χ4n) is 1.59. The van der Waals surface area contributed by atoms with Crippen LogP contribution < -0.4 is 5.32 Å². The van der Waals surface area contributed by atoms with Gasteiger partial charge in [-0.15, -0.1) is 0 Å². The molecule has 1 N–H and O–H groups in total. The van der Waals surface area contributed by atoms with E-state index in [-0.39, 0.29) is 11.1 Å². The van der Waals surface area contributed by atoms with E-state index in [1.165, 1.54) is 30.3 Å². The van der Waals surface area contributed by atoms with Crippen LogP contribution in [0.1, 0.15) is 20.7 Å². The van der Waals surface area contributed by atoms with Crippen molar-refractivity contribution in [1.29, 1.82) is 0 Å². The summed E-state index contributed by atoms with van der Waals surface area (Å²) in [7, 11) is 0. The van der Waals surface area contributed by atoms with Crippen LogP contribution in [0.25, 0.3) is 0 Å². The summed E-state index contributed by atoms with van der Waals surface area (Å²) in [6.45, 7) is 0. The molecular formula is C14H8ClF2NO2. The third kappa shape index (κ3) is 3.00. The summed E-state index contributed by atoms with van der Waals surface area (Å²) < 4.78 is 26.6. The van der Waals surface area contributed by atoms with Crippen LogP contribution in [0, 0.1) is 11.6 Å². The minimum atomic E-state index is -0.993. The Labute approximate surface area is 118 Å². The maximum atomic E-state index is 13.9. The second-order valence-corrected chi connectivity index (χ2v) is 4.25. The van der Waals surface area contributed by atoms with Gasteiger partial charge >= 0.3 is 0 Å². The minimum absolute atomic E-state index is 0.304. The first kappa shape index (κ1) is 14.1. The smallest absolute Gasteiger partial charge is 0.258 e. The van der Waals surface area contributed by atoms with Crippen molar-refractivity contribution < 1.29 is 18.4 Å². The topological polar surface area (TPSA) is 46.2 Å².